The number of nitrogens with one attached hydrogen (secondary N) is 3. The third-order valence-corrected chi connectivity index (χ3v) is 5.70. The number of aliphatic hydroxyl groups excluding tert-OH is 1. The van der Waals surface area contributed by atoms with Gasteiger partial charge in [-0.05, 0) is 43.2 Å². The number of H-pyrrole nitrogens is 2. The van der Waals surface area contributed by atoms with Crippen molar-refractivity contribution in [3.05, 3.63) is 74.7 Å². The molecule has 174 valence electrons. The molecule has 1 aliphatic rings. The number of aliphatic hydroxyl groups is 1. The van der Waals surface area contributed by atoms with E-state index < -0.39 is 29.7 Å². The zero-order valence-corrected chi connectivity index (χ0v) is 18.3. The number of aryl methyl sites for hydroxylation is 1. The summed E-state index contributed by atoms with van der Waals surface area (Å²) >= 11 is 0. The standard InChI is InChI=1S/C23H26N4O6/c1-13-12-27(23(31)26-22(13)30)21-10-18(28)19(33-21)5-6-20(29)24-8-7-14-11-25-17-4-3-15(32-2)9-16(14)17/h3-6,9,11-12,18-19,21,25,28H,7-8,10H2,1-2H3,(H,24,29)(H,26,30,31)/b6-5+/t18-,19+,21+/m0/s1. The summed E-state index contributed by atoms with van der Waals surface area (Å²) in [5.74, 6) is 0.451. The van der Waals surface area contributed by atoms with Crippen LogP contribution in [0.5, 0.6) is 5.75 Å². The lowest BCUT2D eigenvalue weighted by Gasteiger charge is -2.14. The summed E-state index contributed by atoms with van der Waals surface area (Å²) in [5.41, 5.74) is 1.34. The Hall–Kier alpha value is -3.63. The van der Waals surface area contributed by atoms with Crippen molar-refractivity contribution < 1.29 is 19.4 Å². The molecule has 33 heavy (non-hydrogen) atoms. The summed E-state index contributed by atoms with van der Waals surface area (Å²) in [6, 6.07) is 5.78. The van der Waals surface area contributed by atoms with E-state index in [4.69, 9.17) is 9.47 Å². The summed E-state index contributed by atoms with van der Waals surface area (Å²) in [5, 5.41) is 14.1. The van der Waals surface area contributed by atoms with Crippen molar-refractivity contribution in [1.29, 1.82) is 0 Å². The highest BCUT2D eigenvalue weighted by atomic mass is 16.5. The van der Waals surface area contributed by atoms with Crippen LogP contribution in [-0.2, 0) is 16.0 Å². The maximum Gasteiger partial charge on any atom is 0.330 e. The topological polar surface area (TPSA) is 138 Å². The van der Waals surface area contributed by atoms with Gasteiger partial charge in [-0.25, -0.2) is 4.79 Å². The second-order valence-electron chi connectivity index (χ2n) is 7.96. The first kappa shape index (κ1) is 22.6. The highest BCUT2D eigenvalue weighted by molar-refractivity contribution is 5.88. The Bertz CT molecular complexity index is 1300. The van der Waals surface area contributed by atoms with Gasteiger partial charge in [0.05, 0.1) is 13.2 Å². The van der Waals surface area contributed by atoms with Crippen molar-refractivity contribution in [2.24, 2.45) is 0 Å². The molecule has 0 radical (unpaired) electrons. The van der Waals surface area contributed by atoms with Gasteiger partial charge in [0.15, 0.2) is 0 Å². The fraction of sp³-hybridized carbons (Fsp3) is 0.348. The molecule has 0 spiro atoms. The van der Waals surface area contributed by atoms with Crippen LogP contribution in [0.1, 0.15) is 23.8 Å². The molecule has 1 aromatic carbocycles. The molecule has 10 nitrogen and oxygen atoms in total. The third-order valence-electron chi connectivity index (χ3n) is 5.70. The van der Waals surface area contributed by atoms with Crippen LogP contribution in [0.4, 0.5) is 0 Å². The van der Waals surface area contributed by atoms with E-state index in [1.54, 1.807) is 14.0 Å². The van der Waals surface area contributed by atoms with Gasteiger partial charge in [-0.15, -0.1) is 0 Å². The van der Waals surface area contributed by atoms with Crippen LogP contribution in [0.15, 0.2) is 52.3 Å². The number of amides is 1. The van der Waals surface area contributed by atoms with E-state index in [2.05, 4.69) is 15.3 Å². The molecule has 1 amide bonds. The largest absolute Gasteiger partial charge is 0.497 e. The van der Waals surface area contributed by atoms with E-state index in [-0.39, 0.29) is 12.3 Å². The van der Waals surface area contributed by atoms with Gasteiger partial charge in [-0.1, -0.05) is 0 Å². The van der Waals surface area contributed by atoms with Gasteiger partial charge in [-0.2, -0.15) is 0 Å². The average molecular weight is 454 g/mol. The van der Waals surface area contributed by atoms with Crippen LogP contribution in [-0.4, -0.2) is 51.4 Å². The van der Waals surface area contributed by atoms with Crippen molar-refractivity contribution in [2.75, 3.05) is 13.7 Å². The number of hydrogen-bond donors (Lipinski definition) is 4. The lowest BCUT2D eigenvalue weighted by Crippen LogP contribution is -2.33. The van der Waals surface area contributed by atoms with Crippen LogP contribution in [0.25, 0.3) is 10.9 Å². The molecule has 2 aromatic heterocycles. The highest BCUT2D eigenvalue weighted by Gasteiger charge is 2.34. The Morgan fingerprint density at radius 3 is 3.00 bits per heavy atom. The Morgan fingerprint density at radius 2 is 2.21 bits per heavy atom. The number of carbonyl (C=O) groups excluding carboxylic acids is 1. The number of aromatic nitrogens is 3. The number of fused-ring (bicyclic) bond motifs is 1. The van der Waals surface area contributed by atoms with Gasteiger partial charge in [-0.3, -0.25) is 19.1 Å². The first-order chi connectivity index (χ1) is 15.9. The lowest BCUT2D eigenvalue weighted by molar-refractivity contribution is -0.116. The van der Waals surface area contributed by atoms with Crippen LogP contribution in [0.3, 0.4) is 0 Å². The van der Waals surface area contributed by atoms with Gasteiger partial charge in [0.1, 0.15) is 18.1 Å². The summed E-state index contributed by atoms with van der Waals surface area (Å²) < 4.78 is 12.2. The number of ether oxygens (including phenoxy) is 2. The van der Waals surface area contributed by atoms with Gasteiger partial charge in [0.25, 0.3) is 5.56 Å². The SMILES string of the molecule is COc1ccc2[nH]cc(CCNC(=O)/C=C/[C@H]3O[C@@H](n4cc(C)c(=O)[nH]c4=O)C[C@@H]3O)c2c1. The van der Waals surface area contributed by atoms with E-state index in [1.165, 1.54) is 22.9 Å². The summed E-state index contributed by atoms with van der Waals surface area (Å²) in [6.45, 7) is 2.00. The summed E-state index contributed by atoms with van der Waals surface area (Å²) in [7, 11) is 1.62. The van der Waals surface area contributed by atoms with Crippen LogP contribution >= 0.6 is 0 Å². The van der Waals surface area contributed by atoms with E-state index in [0.29, 0.717) is 18.5 Å². The molecule has 3 atom stereocenters. The van der Waals surface area contributed by atoms with Gasteiger partial charge in [0.2, 0.25) is 5.91 Å². The molecule has 3 aromatic rings. The average Bonchev–Trinajstić information content (AvgIpc) is 3.37. The van der Waals surface area contributed by atoms with Crippen molar-refractivity contribution in [3.63, 3.8) is 0 Å². The minimum absolute atomic E-state index is 0.159. The molecule has 0 aliphatic carbocycles. The normalized spacial score (nSPS) is 20.5. The first-order valence-corrected chi connectivity index (χ1v) is 10.6. The minimum Gasteiger partial charge on any atom is -0.497 e. The second kappa shape index (κ2) is 9.47. The molecule has 0 bridgehead atoms. The van der Waals surface area contributed by atoms with Crippen molar-refractivity contribution in [1.82, 2.24) is 19.9 Å². The molecule has 10 heteroatoms. The van der Waals surface area contributed by atoms with E-state index in [0.717, 1.165) is 22.2 Å². The van der Waals surface area contributed by atoms with E-state index in [1.807, 2.05) is 24.4 Å². The van der Waals surface area contributed by atoms with Gasteiger partial charge < -0.3 is 24.9 Å². The number of nitrogens with zero attached hydrogens (tertiary/aromatic N) is 1. The molecule has 1 aliphatic heterocycles. The predicted molar refractivity (Wildman–Crippen MR) is 121 cm³/mol. The minimum atomic E-state index is -0.889. The highest BCUT2D eigenvalue weighted by Crippen LogP contribution is 2.28. The Kier molecular flexibility index (Phi) is 6.47. The molecule has 1 fully saturated rings. The first-order valence-electron chi connectivity index (χ1n) is 10.6. The maximum absolute atomic E-state index is 12.2. The number of carbonyl (C=O) groups is 1. The number of hydrogen-bond acceptors (Lipinski definition) is 6. The number of benzene rings is 1. The predicted octanol–water partition coefficient (Wildman–Crippen LogP) is 0.898. The van der Waals surface area contributed by atoms with Crippen LogP contribution in [0.2, 0.25) is 0 Å². The fourth-order valence-corrected chi connectivity index (χ4v) is 3.87. The third kappa shape index (κ3) is 4.91. The zero-order valence-electron chi connectivity index (χ0n) is 18.3. The Labute approximate surface area is 188 Å². The zero-order chi connectivity index (χ0) is 23.5. The maximum atomic E-state index is 12.2. The summed E-state index contributed by atoms with van der Waals surface area (Å²) in [4.78, 5) is 41.2. The number of aromatic amines is 2. The van der Waals surface area contributed by atoms with Crippen LogP contribution < -0.4 is 21.3 Å². The van der Waals surface area contributed by atoms with Gasteiger partial charge in [0, 0.05) is 47.9 Å². The van der Waals surface area contributed by atoms with Crippen LogP contribution in [0, 0.1) is 6.92 Å². The second-order valence-corrected chi connectivity index (χ2v) is 7.96. The number of methoxy groups -OCH3 is 1. The molecule has 0 saturated carbocycles. The monoisotopic (exact) mass is 454 g/mol. The van der Waals surface area contributed by atoms with Gasteiger partial charge >= 0.3 is 5.69 Å². The molecule has 4 N–H and O–H groups in total. The molecule has 0 unspecified atom stereocenters. The molecular weight excluding hydrogens is 428 g/mol. The fourth-order valence-electron chi connectivity index (χ4n) is 3.87. The van der Waals surface area contributed by atoms with Crippen molar-refractivity contribution in [3.8, 4) is 5.75 Å². The number of rotatable bonds is 7. The Morgan fingerprint density at radius 1 is 1.39 bits per heavy atom. The smallest absolute Gasteiger partial charge is 0.330 e. The molecule has 4 rings (SSSR count). The van der Waals surface area contributed by atoms with E-state index >= 15 is 0 Å². The molecular formula is C23H26N4O6. The van der Waals surface area contributed by atoms with Crippen molar-refractivity contribution >= 4 is 16.8 Å². The quantitative estimate of drug-likeness (QED) is 0.391. The Balaban J connectivity index is 1.32. The molecule has 3 heterocycles. The van der Waals surface area contributed by atoms with Crippen molar-refractivity contribution in [2.45, 2.75) is 38.2 Å². The summed E-state index contributed by atoms with van der Waals surface area (Å²) in [6.07, 6.45) is 4.51. The lowest BCUT2D eigenvalue weighted by atomic mass is 10.1. The molecule has 1 saturated heterocycles. The van der Waals surface area contributed by atoms with E-state index in [9.17, 15) is 19.5 Å².